The summed E-state index contributed by atoms with van der Waals surface area (Å²) in [5, 5.41) is 0. The molecule has 29 heavy (non-hydrogen) atoms. The van der Waals surface area contributed by atoms with Crippen molar-refractivity contribution in [2.45, 2.75) is 38.8 Å². The third-order valence-corrected chi connectivity index (χ3v) is 5.26. The van der Waals surface area contributed by atoms with E-state index in [1.165, 1.54) is 6.92 Å². The lowest BCUT2D eigenvalue weighted by atomic mass is 9.99. The minimum absolute atomic E-state index is 0.0107. The Morgan fingerprint density at radius 1 is 1.10 bits per heavy atom. The Balaban J connectivity index is 1.96. The standard InChI is InChI=1S/C22H29N5O2/c1-16(28)26(4)15-18-14-20(25(2)3)24-21(23-18)19-12-8-9-13-27(19)22(29)17-10-6-5-7-11-17/h5-7,10-11,14,19H,8-9,12-13,15H2,1-4H3. The summed E-state index contributed by atoms with van der Waals surface area (Å²) < 4.78 is 0. The summed E-state index contributed by atoms with van der Waals surface area (Å²) in [6, 6.07) is 11.1. The van der Waals surface area contributed by atoms with Gasteiger partial charge >= 0.3 is 0 Å². The lowest BCUT2D eigenvalue weighted by Crippen LogP contribution is -2.39. The van der Waals surface area contributed by atoms with Crippen molar-refractivity contribution in [1.29, 1.82) is 0 Å². The maximum absolute atomic E-state index is 13.2. The molecule has 0 bridgehead atoms. The van der Waals surface area contributed by atoms with E-state index in [1.807, 2.05) is 60.3 Å². The number of anilines is 1. The summed E-state index contributed by atoms with van der Waals surface area (Å²) in [4.78, 5) is 39.8. The predicted octanol–water partition coefficient (Wildman–Crippen LogP) is 2.89. The summed E-state index contributed by atoms with van der Waals surface area (Å²) in [7, 11) is 5.61. The van der Waals surface area contributed by atoms with E-state index in [1.54, 1.807) is 11.9 Å². The second-order valence-electron chi connectivity index (χ2n) is 7.72. The van der Waals surface area contributed by atoms with E-state index in [9.17, 15) is 9.59 Å². The molecule has 0 aliphatic carbocycles. The van der Waals surface area contributed by atoms with Crippen molar-refractivity contribution < 1.29 is 9.59 Å². The molecular formula is C22H29N5O2. The average Bonchev–Trinajstić information content (AvgIpc) is 2.73. The number of hydrogen-bond donors (Lipinski definition) is 0. The van der Waals surface area contributed by atoms with Crippen LogP contribution in [0.2, 0.25) is 0 Å². The first kappa shape index (κ1) is 20.8. The number of carbonyl (C=O) groups is 2. The van der Waals surface area contributed by atoms with Crippen LogP contribution in [0.15, 0.2) is 36.4 Å². The van der Waals surface area contributed by atoms with Crippen LogP contribution >= 0.6 is 0 Å². The number of rotatable bonds is 5. The largest absolute Gasteiger partial charge is 0.363 e. The van der Waals surface area contributed by atoms with E-state index < -0.39 is 0 Å². The highest BCUT2D eigenvalue weighted by molar-refractivity contribution is 5.94. The van der Waals surface area contributed by atoms with Crippen molar-refractivity contribution in [2.24, 2.45) is 0 Å². The predicted molar refractivity (Wildman–Crippen MR) is 113 cm³/mol. The molecule has 2 amide bonds. The Labute approximate surface area is 172 Å². The molecule has 1 aromatic heterocycles. The van der Waals surface area contributed by atoms with Gasteiger partial charge < -0.3 is 14.7 Å². The molecule has 7 nitrogen and oxygen atoms in total. The van der Waals surface area contributed by atoms with Gasteiger partial charge in [-0.2, -0.15) is 0 Å². The fraction of sp³-hybridized carbons (Fsp3) is 0.455. The number of likely N-dealkylation sites (tertiary alicyclic amines) is 1. The van der Waals surface area contributed by atoms with Crippen molar-refractivity contribution in [1.82, 2.24) is 19.8 Å². The molecule has 1 saturated heterocycles. The maximum Gasteiger partial charge on any atom is 0.254 e. The molecule has 1 unspecified atom stereocenters. The first-order chi connectivity index (χ1) is 13.9. The Bertz CT molecular complexity index is 869. The molecule has 1 aromatic carbocycles. The zero-order chi connectivity index (χ0) is 21.0. The zero-order valence-electron chi connectivity index (χ0n) is 17.6. The molecule has 1 aliphatic rings. The Hall–Kier alpha value is -2.96. The van der Waals surface area contributed by atoms with Gasteiger partial charge in [-0.25, -0.2) is 9.97 Å². The van der Waals surface area contributed by atoms with E-state index in [4.69, 9.17) is 9.97 Å². The lowest BCUT2D eigenvalue weighted by Gasteiger charge is -2.35. The Morgan fingerprint density at radius 2 is 1.83 bits per heavy atom. The first-order valence-electron chi connectivity index (χ1n) is 9.99. The van der Waals surface area contributed by atoms with Crippen molar-refractivity contribution in [3.63, 3.8) is 0 Å². The van der Waals surface area contributed by atoms with Gasteiger partial charge in [0, 0.05) is 46.2 Å². The fourth-order valence-electron chi connectivity index (χ4n) is 3.51. The monoisotopic (exact) mass is 395 g/mol. The zero-order valence-corrected chi connectivity index (χ0v) is 17.6. The van der Waals surface area contributed by atoms with Crippen LogP contribution in [-0.4, -0.2) is 59.3 Å². The van der Waals surface area contributed by atoms with Gasteiger partial charge in [-0.05, 0) is 31.4 Å². The van der Waals surface area contributed by atoms with E-state index in [0.717, 1.165) is 30.8 Å². The minimum Gasteiger partial charge on any atom is -0.363 e. The van der Waals surface area contributed by atoms with Crippen LogP contribution in [0.1, 0.15) is 54.1 Å². The summed E-state index contributed by atoms with van der Waals surface area (Å²) in [5.41, 5.74) is 1.45. The number of aromatic nitrogens is 2. The smallest absolute Gasteiger partial charge is 0.254 e. The second-order valence-corrected chi connectivity index (χ2v) is 7.72. The number of carbonyl (C=O) groups excluding carboxylic acids is 2. The second kappa shape index (κ2) is 9.03. The number of benzene rings is 1. The van der Waals surface area contributed by atoms with Crippen molar-refractivity contribution in [3.8, 4) is 0 Å². The third kappa shape index (κ3) is 4.91. The molecule has 1 aliphatic heterocycles. The van der Waals surface area contributed by atoms with Crippen molar-refractivity contribution in [3.05, 3.63) is 53.5 Å². The molecule has 0 N–H and O–H groups in total. The molecule has 1 fully saturated rings. The highest BCUT2D eigenvalue weighted by Crippen LogP contribution is 2.31. The van der Waals surface area contributed by atoms with Gasteiger partial charge in [0.15, 0.2) is 5.82 Å². The van der Waals surface area contributed by atoms with E-state index in [2.05, 4.69) is 0 Å². The normalized spacial score (nSPS) is 16.4. The third-order valence-electron chi connectivity index (χ3n) is 5.26. The maximum atomic E-state index is 13.2. The van der Waals surface area contributed by atoms with Crippen LogP contribution in [0.4, 0.5) is 5.82 Å². The van der Waals surface area contributed by atoms with Crippen LogP contribution in [0, 0.1) is 0 Å². The summed E-state index contributed by atoms with van der Waals surface area (Å²) in [5.74, 6) is 1.42. The van der Waals surface area contributed by atoms with Gasteiger partial charge in [0.25, 0.3) is 5.91 Å². The molecule has 0 radical (unpaired) electrons. The summed E-state index contributed by atoms with van der Waals surface area (Å²) in [6.45, 7) is 2.64. The molecule has 3 rings (SSSR count). The number of nitrogens with zero attached hydrogens (tertiary/aromatic N) is 5. The highest BCUT2D eigenvalue weighted by Gasteiger charge is 2.31. The van der Waals surface area contributed by atoms with Gasteiger partial charge in [0.1, 0.15) is 5.82 Å². The van der Waals surface area contributed by atoms with Gasteiger partial charge in [-0.3, -0.25) is 9.59 Å². The molecule has 0 saturated carbocycles. The first-order valence-corrected chi connectivity index (χ1v) is 9.99. The van der Waals surface area contributed by atoms with Gasteiger partial charge in [0.2, 0.25) is 5.91 Å². The van der Waals surface area contributed by atoms with E-state index in [0.29, 0.717) is 24.5 Å². The molecule has 2 heterocycles. The number of piperidine rings is 1. The molecule has 1 atom stereocenters. The average molecular weight is 396 g/mol. The fourth-order valence-corrected chi connectivity index (χ4v) is 3.51. The van der Waals surface area contributed by atoms with Crippen LogP contribution in [-0.2, 0) is 11.3 Å². The van der Waals surface area contributed by atoms with Gasteiger partial charge in [-0.15, -0.1) is 0 Å². The molecule has 0 spiro atoms. The van der Waals surface area contributed by atoms with Crippen LogP contribution in [0.25, 0.3) is 0 Å². The Morgan fingerprint density at radius 3 is 2.48 bits per heavy atom. The number of amides is 2. The SMILES string of the molecule is CC(=O)N(C)Cc1cc(N(C)C)nc(C2CCCCN2C(=O)c2ccccc2)n1. The minimum atomic E-state index is -0.169. The molecule has 2 aromatic rings. The quantitative estimate of drug-likeness (QED) is 0.779. The van der Waals surface area contributed by atoms with Crippen LogP contribution in [0.3, 0.4) is 0 Å². The summed E-state index contributed by atoms with van der Waals surface area (Å²) in [6.07, 6.45) is 2.83. The lowest BCUT2D eigenvalue weighted by molar-refractivity contribution is -0.128. The van der Waals surface area contributed by atoms with Crippen LogP contribution in [0.5, 0.6) is 0 Å². The molecule has 7 heteroatoms. The van der Waals surface area contributed by atoms with Crippen LogP contribution < -0.4 is 4.90 Å². The molecule has 154 valence electrons. The molecular weight excluding hydrogens is 366 g/mol. The Kier molecular flexibility index (Phi) is 6.46. The topological polar surface area (TPSA) is 69.6 Å². The summed E-state index contributed by atoms with van der Waals surface area (Å²) >= 11 is 0. The van der Waals surface area contributed by atoms with Gasteiger partial charge in [-0.1, -0.05) is 18.2 Å². The van der Waals surface area contributed by atoms with E-state index in [-0.39, 0.29) is 17.9 Å². The number of hydrogen-bond acceptors (Lipinski definition) is 5. The van der Waals surface area contributed by atoms with Crippen molar-refractivity contribution in [2.75, 3.05) is 32.6 Å². The van der Waals surface area contributed by atoms with Crippen molar-refractivity contribution >= 4 is 17.6 Å². The highest BCUT2D eigenvalue weighted by atomic mass is 16.2. The van der Waals surface area contributed by atoms with E-state index >= 15 is 0 Å². The van der Waals surface area contributed by atoms with Gasteiger partial charge in [0.05, 0.1) is 18.3 Å².